The monoisotopic (exact) mass is 205 g/mol. The van der Waals surface area contributed by atoms with Gasteiger partial charge in [-0.05, 0) is 37.0 Å². The molecule has 15 heavy (non-hydrogen) atoms. The van der Waals surface area contributed by atoms with Gasteiger partial charge in [0.25, 0.3) is 0 Å². The number of hydrogen-bond donors (Lipinski definition) is 1. The number of Topliss-reactive ketones (excluding diaryl/α,β-unsaturated/α-hetero) is 1. The summed E-state index contributed by atoms with van der Waals surface area (Å²) < 4.78 is 0. The fourth-order valence-corrected chi connectivity index (χ4v) is 1.46. The normalized spacial score (nSPS) is 10.4. The molecule has 2 nitrogen and oxygen atoms in total. The molecule has 0 radical (unpaired) electrons. The van der Waals surface area contributed by atoms with Gasteiger partial charge in [0.2, 0.25) is 0 Å². The second-order valence-electron chi connectivity index (χ2n) is 4.35. The summed E-state index contributed by atoms with van der Waals surface area (Å²) in [4.78, 5) is 10.8. The predicted molar refractivity (Wildman–Crippen MR) is 64.2 cm³/mol. The van der Waals surface area contributed by atoms with Crippen molar-refractivity contribution in [2.45, 2.75) is 27.2 Å². The van der Waals surface area contributed by atoms with E-state index in [-0.39, 0.29) is 5.78 Å². The van der Waals surface area contributed by atoms with Crippen LogP contribution in [0.1, 0.15) is 26.3 Å². The van der Waals surface area contributed by atoms with Crippen molar-refractivity contribution in [2.75, 3.05) is 11.9 Å². The molecule has 0 aromatic heterocycles. The molecule has 0 saturated heterocycles. The Kier molecular flexibility index (Phi) is 4.35. The smallest absolute Gasteiger partial charge is 0.148 e. The molecule has 0 fully saturated rings. The first-order valence-corrected chi connectivity index (χ1v) is 5.40. The van der Waals surface area contributed by atoms with Gasteiger partial charge in [0.1, 0.15) is 5.78 Å². The van der Waals surface area contributed by atoms with Gasteiger partial charge in [0.15, 0.2) is 0 Å². The molecule has 0 atom stereocenters. The lowest BCUT2D eigenvalue weighted by molar-refractivity contribution is -0.115. The van der Waals surface area contributed by atoms with E-state index in [1.165, 1.54) is 5.56 Å². The lowest BCUT2D eigenvalue weighted by Gasteiger charge is -2.07. The van der Waals surface area contributed by atoms with E-state index in [0.717, 1.165) is 12.1 Å². The van der Waals surface area contributed by atoms with Crippen molar-refractivity contribution in [1.29, 1.82) is 0 Å². The molecule has 1 rings (SSSR count). The van der Waals surface area contributed by atoms with Gasteiger partial charge >= 0.3 is 0 Å². The zero-order valence-electron chi connectivity index (χ0n) is 9.71. The second kappa shape index (κ2) is 5.54. The summed E-state index contributed by atoms with van der Waals surface area (Å²) >= 11 is 0. The first-order chi connectivity index (χ1) is 7.08. The molecule has 0 heterocycles. The standard InChI is InChI=1S/C13H19NO/c1-10(2)8-12-4-6-13(7-5-12)14-9-11(3)15/h4-7,10,14H,8-9H2,1-3H3. The Morgan fingerprint density at radius 1 is 1.27 bits per heavy atom. The van der Waals surface area contributed by atoms with Crippen molar-refractivity contribution in [3.05, 3.63) is 29.8 Å². The number of benzene rings is 1. The maximum absolute atomic E-state index is 10.8. The topological polar surface area (TPSA) is 29.1 Å². The Balaban J connectivity index is 2.52. The zero-order valence-corrected chi connectivity index (χ0v) is 9.71. The third kappa shape index (κ3) is 4.63. The highest BCUT2D eigenvalue weighted by Crippen LogP contribution is 2.12. The van der Waals surface area contributed by atoms with E-state index >= 15 is 0 Å². The van der Waals surface area contributed by atoms with E-state index < -0.39 is 0 Å². The van der Waals surface area contributed by atoms with Crippen LogP contribution in [-0.4, -0.2) is 12.3 Å². The number of carbonyl (C=O) groups is 1. The molecule has 0 amide bonds. The average molecular weight is 205 g/mol. The fraction of sp³-hybridized carbons (Fsp3) is 0.462. The van der Waals surface area contributed by atoms with Crippen LogP contribution in [0, 0.1) is 5.92 Å². The third-order valence-corrected chi connectivity index (χ3v) is 2.14. The number of anilines is 1. The molecule has 2 heteroatoms. The SMILES string of the molecule is CC(=O)CNc1ccc(CC(C)C)cc1. The Morgan fingerprint density at radius 3 is 2.33 bits per heavy atom. The van der Waals surface area contributed by atoms with Crippen LogP contribution in [0.3, 0.4) is 0 Å². The van der Waals surface area contributed by atoms with Gasteiger partial charge in [-0.15, -0.1) is 0 Å². The number of nitrogens with one attached hydrogen (secondary N) is 1. The van der Waals surface area contributed by atoms with Gasteiger partial charge in [-0.3, -0.25) is 4.79 Å². The van der Waals surface area contributed by atoms with Crippen LogP contribution in [0.4, 0.5) is 5.69 Å². The molecule has 0 aliphatic rings. The fourth-order valence-electron chi connectivity index (χ4n) is 1.46. The van der Waals surface area contributed by atoms with Crippen LogP contribution in [-0.2, 0) is 11.2 Å². The maximum Gasteiger partial charge on any atom is 0.148 e. The van der Waals surface area contributed by atoms with Crippen LogP contribution >= 0.6 is 0 Å². The van der Waals surface area contributed by atoms with Crippen molar-refractivity contribution in [3.8, 4) is 0 Å². The molecule has 0 unspecified atom stereocenters. The zero-order chi connectivity index (χ0) is 11.3. The Labute approximate surface area is 91.7 Å². The highest BCUT2D eigenvalue weighted by atomic mass is 16.1. The van der Waals surface area contributed by atoms with Crippen molar-refractivity contribution in [1.82, 2.24) is 0 Å². The first kappa shape index (κ1) is 11.8. The minimum Gasteiger partial charge on any atom is -0.378 e. The third-order valence-electron chi connectivity index (χ3n) is 2.14. The molecule has 0 spiro atoms. The molecule has 1 aromatic rings. The largest absolute Gasteiger partial charge is 0.378 e. The molecule has 82 valence electrons. The van der Waals surface area contributed by atoms with Crippen LogP contribution in [0.25, 0.3) is 0 Å². The van der Waals surface area contributed by atoms with Gasteiger partial charge in [-0.25, -0.2) is 0 Å². The van der Waals surface area contributed by atoms with Gasteiger partial charge in [0.05, 0.1) is 6.54 Å². The Hall–Kier alpha value is -1.31. The number of ketones is 1. The van der Waals surface area contributed by atoms with E-state index in [4.69, 9.17) is 0 Å². The molecule has 0 saturated carbocycles. The van der Waals surface area contributed by atoms with E-state index in [9.17, 15) is 4.79 Å². The molecule has 0 bridgehead atoms. The van der Waals surface area contributed by atoms with Crippen molar-refractivity contribution >= 4 is 11.5 Å². The molecule has 1 aromatic carbocycles. The van der Waals surface area contributed by atoms with Crippen molar-refractivity contribution in [3.63, 3.8) is 0 Å². The molecule has 1 N–H and O–H groups in total. The Morgan fingerprint density at radius 2 is 1.87 bits per heavy atom. The maximum atomic E-state index is 10.8. The molecular formula is C13H19NO. The summed E-state index contributed by atoms with van der Waals surface area (Å²) in [6.07, 6.45) is 1.10. The summed E-state index contributed by atoms with van der Waals surface area (Å²) in [6, 6.07) is 8.28. The average Bonchev–Trinajstić information content (AvgIpc) is 2.16. The Bertz CT molecular complexity index is 314. The first-order valence-electron chi connectivity index (χ1n) is 5.40. The lowest BCUT2D eigenvalue weighted by atomic mass is 10.0. The minimum absolute atomic E-state index is 0.154. The highest BCUT2D eigenvalue weighted by molar-refractivity contribution is 5.80. The van der Waals surface area contributed by atoms with Gasteiger partial charge < -0.3 is 5.32 Å². The number of carbonyl (C=O) groups excluding carboxylic acids is 1. The summed E-state index contributed by atoms with van der Waals surface area (Å²) in [5.74, 6) is 0.835. The molecular weight excluding hydrogens is 186 g/mol. The quantitative estimate of drug-likeness (QED) is 0.800. The number of rotatable bonds is 5. The summed E-state index contributed by atoms with van der Waals surface area (Å²) in [6.45, 7) is 6.41. The summed E-state index contributed by atoms with van der Waals surface area (Å²) in [5, 5.41) is 3.08. The van der Waals surface area contributed by atoms with Crippen LogP contribution in [0.5, 0.6) is 0 Å². The molecule has 0 aliphatic carbocycles. The summed E-state index contributed by atoms with van der Waals surface area (Å²) in [7, 11) is 0. The molecule has 0 aliphatic heterocycles. The van der Waals surface area contributed by atoms with Crippen LogP contribution in [0.15, 0.2) is 24.3 Å². The van der Waals surface area contributed by atoms with Crippen molar-refractivity contribution in [2.24, 2.45) is 5.92 Å². The minimum atomic E-state index is 0.154. The van der Waals surface area contributed by atoms with Crippen LogP contribution in [0.2, 0.25) is 0 Å². The van der Waals surface area contributed by atoms with E-state index in [2.05, 4.69) is 31.3 Å². The highest BCUT2D eigenvalue weighted by Gasteiger charge is 1.98. The predicted octanol–water partition coefficient (Wildman–Crippen LogP) is 2.89. The second-order valence-corrected chi connectivity index (χ2v) is 4.35. The van der Waals surface area contributed by atoms with Gasteiger partial charge in [-0.2, -0.15) is 0 Å². The number of hydrogen-bond acceptors (Lipinski definition) is 2. The summed E-state index contributed by atoms with van der Waals surface area (Å²) in [5.41, 5.74) is 2.36. The van der Waals surface area contributed by atoms with Crippen molar-refractivity contribution < 1.29 is 4.79 Å². The van der Waals surface area contributed by atoms with E-state index in [1.54, 1.807) is 6.92 Å². The van der Waals surface area contributed by atoms with E-state index in [0.29, 0.717) is 12.5 Å². The lowest BCUT2D eigenvalue weighted by Crippen LogP contribution is -2.09. The van der Waals surface area contributed by atoms with Crippen LogP contribution < -0.4 is 5.32 Å². The van der Waals surface area contributed by atoms with E-state index in [1.807, 2.05) is 12.1 Å². The van der Waals surface area contributed by atoms with Gasteiger partial charge in [0, 0.05) is 5.69 Å². The van der Waals surface area contributed by atoms with Gasteiger partial charge in [-0.1, -0.05) is 26.0 Å².